The Balaban J connectivity index is 0.000000412. The molecule has 0 aliphatic heterocycles. The van der Waals surface area contributed by atoms with Gasteiger partial charge in [0.25, 0.3) is 0 Å². The molecule has 0 saturated heterocycles. The van der Waals surface area contributed by atoms with E-state index in [1.165, 1.54) is 0 Å². The van der Waals surface area contributed by atoms with Gasteiger partial charge in [0.15, 0.2) is 11.5 Å². The molecule has 0 heterocycles. The van der Waals surface area contributed by atoms with E-state index in [-0.39, 0.29) is 34.7 Å². The summed E-state index contributed by atoms with van der Waals surface area (Å²) in [4.78, 5) is 0. The maximum atomic E-state index is 10.1. The van der Waals surface area contributed by atoms with Crippen molar-refractivity contribution in [3.63, 3.8) is 0 Å². The van der Waals surface area contributed by atoms with Crippen LogP contribution in [-0.2, 0) is 17.1 Å². The number of hydrogen-bond acceptors (Lipinski definition) is 3. The van der Waals surface area contributed by atoms with E-state index in [1.807, 2.05) is 71.6 Å². The van der Waals surface area contributed by atoms with Crippen LogP contribution in [0.2, 0.25) is 0 Å². The molecule has 2 N–H and O–H groups in total. The molecule has 1 aromatic carbocycles. The molecule has 128 valence electrons. The number of hydrogen-bond donors (Lipinski definition) is 2. The fourth-order valence-electron chi connectivity index (χ4n) is 2.25. The predicted octanol–water partition coefficient (Wildman–Crippen LogP) is 3.97. The standard InChI is InChI=1S/C15H17O3.C5H5.Fe/c1-9(2)18-15-13(11-6-4-5-7-11)12(16)8-10(3)14(15)17;1-2-4-5-3-1;/h4-9,16-17H,1-3H3;1-5H;. The van der Waals surface area contributed by atoms with Crippen LogP contribution in [0.5, 0.6) is 17.2 Å². The molecule has 2 aliphatic rings. The summed E-state index contributed by atoms with van der Waals surface area (Å²) in [6.45, 7) is 5.50. The zero-order valence-corrected chi connectivity index (χ0v) is 15.1. The van der Waals surface area contributed by atoms with Gasteiger partial charge in [-0.2, -0.15) is 0 Å². The molecule has 24 heavy (non-hydrogen) atoms. The molecule has 0 bridgehead atoms. The zero-order valence-electron chi connectivity index (χ0n) is 14.0. The fraction of sp³-hybridized carbons (Fsp3) is 0.200. The number of phenols is 2. The first-order chi connectivity index (χ1) is 11.0. The summed E-state index contributed by atoms with van der Waals surface area (Å²) in [5, 5.41) is 20.2. The first-order valence-corrected chi connectivity index (χ1v) is 7.61. The van der Waals surface area contributed by atoms with Crippen LogP contribution in [0.1, 0.15) is 25.0 Å². The van der Waals surface area contributed by atoms with Crippen molar-refractivity contribution in [1.29, 1.82) is 0 Å². The molecule has 0 spiro atoms. The van der Waals surface area contributed by atoms with Crippen LogP contribution in [0.15, 0.2) is 6.07 Å². The Morgan fingerprint density at radius 1 is 0.875 bits per heavy atom. The summed E-state index contributed by atoms with van der Waals surface area (Å²) in [5.74, 6) is 1.37. The number of ether oxygens (including phenoxy) is 1. The second-order valence-corrected chi connectivity index (χ2v) is 5.57. The molecule has 0 atom stereocenters. The third-order valence-electron chi connectivity index (χ3n) is 3.29. The van der Waals surface area contributed by atoms with Gasteiger partial charge < -0.3 is 14.9 Å². The van der Waals surface area contributed by atoms with Crippen molar-refractivity contribution in [2.24, 2.45) is 0 Å². The van der Waals surface area contributed by atoms with Gasteiger partial charge in [-0.05, 0) is 90.2 Å². The molecule has 3 nitrogen and oxygen atoms in total. The number of rotatable bonds is 3. The van der Waals surface area contributed by atoms with E-state index in [9.17, 15) is 10.2 Å². The number of phenolic OH excluding ortho intramolecular Hbond substituents is 2. The van der Waals surface area contributed by atoms with E-state index in [0.29, 0.717) is 16.9 Å². The minimum Gasteiger partial charge on any atom is -0.507 e. The Bertz CT molecular complexity index is 496. The van der Waals surface area contributed by atoms with Crippen LogP contribution in [0.25, 0.3) is 0 Å². The molecule has 2 aliphatic carbocycles. The van der Waals surface area contributed by atoms with Gasteiger partial charge in [-0.3, -0.25) is 0 Å². The van der Waals surface area contributed by atoms with E-state index in [2.05, 4.69) is 0 Å². The summed E-state index contributed by atoms with van der Waals surface area (Å²) < 4.78 is 5.65. The van der Waals surface area contributed by atoms with Crippen molar-refractivity contribution < 1.29 is 32.0 Å². The maximum Gasteiger partial charge on any atom is 0.169 e. The normalized spacial score (nSPS) is 17.3. The molecular formula is C20H22FeO3. The van der Waals surface area contributed by atoms with E-state index in [4.69, 9.17) is 4.74 Å². The molecule has 4 heteroatoms. The van der Waals surface area contributed by atoms with Crippen molar-refractivity contribution in [1.82, 2.24) is 0 Å². The van der Waals surface area contributed by atoms with Gasteiger partial charge in [0.05, 0.1) is 6.10 Å². The van der Waals surface area contributed by atoms with E-state index < -0.39 is 0 Å². The SMILES string of the molecule is Cc1cc(O)c([C]2[CH][CH][CH][CH]2)c(OC(C)C)c1O.[CH]1[CH][CH][CH][CH]1.[Fe]. The second kappa shape index (κ2) is 10.2. The van der Waals surface area contributed by atoms with E-state index in [0.717, 1.165) is 5.92 Å². The molecular weight excluding hydrogens is 344 g/mol. The number of benzene rings is 1. The molecule has 10 radical (unpaired) electrons. The van der Waals surface area contributed by atoms with Gasteiger partial charge in [-0.15, -0.1) is 0 Å². The summed E-state index contributed by atoms with van der Waals surface area (Å²) in [7, 11) is 0. The van der Waals surface area contributed by atoms with Crippen molar-refractivity contribution in [2.75, 3.05) is 0 Å². The second-order valence-electron chi connectivity index (χ2n) is 5.57. The van der Waals surface area contributed by atoms with Gasteiger partial charge in [0, 0.05) is 28.6 Å². The maximum absolute atomic E-state index is 10.1. The van der Waals surface area contributed by atoms with Gasteiger partial charge in [0.1, 0.15) is 5.75 Å². The minimum atomic E-state index is -0.0780. The minimum absolute atomic E-state index is 0. The van der Waals surface area contributed by atoms with E-state index in [1.54, 1.807) is 13.0 Å². The monoisotopic (exact) mass is 366 g/mol. The summed E-state index contributed by atoms with van der Waals surface area (Å²) in [6, 6.07) is 1.55. The van der Waals surface area contributed by atoms with Crippen LogP contribution in [0.4, 0.5) is 0 Å². The van der Waals surface area contributed by atoms with Crippen LogP contribution >= 0.6 is 0 Å². The molecule has 0 unspecified atom stereocenters. The molecule has 2 fully saturated rings. The Hall–Kier alpha value is -0.861. The quantitative estimate of drug-likeness (QED) is 0.629. The Morgan fingerprint density at radius 2 is 1.38 bits per heavy atom. The first kappa shape index (κ1) is 21.2. The van der Waals surface area contributed by atoms with Crippen LogP contribution < -0.4 is 4.74 Å². The van der Waals surface area contributed by atoms with Crippen LogP contribution in [0.3, 0.4) is 0 Å². The molecule has 2 saturated carbocycles. The average Bonchev–Trinajstić information content (AvgIpc) is 3.19. The van der Waals surface area contributed by atoms with Crippen LogP contribution in [0, 0.1) is 70.6 Å². The summed E-state index contributed by atoms with van der Waals surface area (Å²) in [6.07, 6.45) is 17.4. The van der Waals surface area contributed by atoms with E-state index >= 15 is 0 Å². The van der Waals surface area contributed by atoms with Gasteiger partial charge >= 0.3 is 0 Å². The number of aryl methyl sites for hydroxylation is 1. The van der Waals surface area contributed by atoms with Crippen molar-refractivity contribution in [2.45, 2.75) is 26.9 Å². The van der Waals surface area contributed by atoms with Crippen molar-refractivity contribution >= 4 is 0 Å². The predicted molar refractivity (Wildman–Crippen MR) is 91.3 cm³/mol. The topological polar surface area (TPSA) is 49.7 Å². The third-order valence-corrected chi connectivity index (χ3v) is 3.29. The van der Waals surface area contributed by atoms with Crippen molar-refractivity contribution in [3.8, 4) is 17.2 Å². The zero-order chi connectivity index (χ0) is 16.8. The Morgan fingerprint density at radius 3 is 1.83 bits per heavy atom. The summed E-state index contributed by atoms with van der Waals surface area (Å²) >= 11 is 0. The third kappa shape index (κ3) is 5.60. The van der Waals surface area contributed by atoms with Crippen molar-refractivity contribution in [3.05, 3.63) is 80.9 Å². The molecule has 1 aromatic rings. The Kier molecular flexibility index (Phi) is 9.01. The largest absolute Gasteiger partial charge is 0.507 e. The Labute approximate surface area is 157 Å². The molecule has 3 rings (SSSR count). The van der Waals surface area contributed by atoms with Gasteiger partial charge in [0.2, 0.25) is 0 Å². The molecule has 0 amide bonds. The van der Waals surface area contributed by atoms with Gasteiger partial charge in [-0.1, -0.05) is 0 Å². The summed E-state index contributed by atoms with van der Waals surface area (Å²) in [5.41, 5.74) is 1.13. The van der Waals surface area contributed by atoms with Gasteiger partial charge in [-0.25, -0.2) is 0 Å². The fourth-order valence-corrected chi connectivity index (χ4v) is 2.25. The average molecular weight is 366 g/mol. The number of aromatic hydroxyl groups is 2. The smallest absolute Gasteiger partial charge is 0.169 e. The first-order valence-electron chi connectivity index (χ1n) is 7.61. The molecule has 0 aromatic heterocycles. The van der Waals surface area contributed by atoms with Crippen LogP contribution in [-0.4, -0.2) is 16.3 Å².